The summed E-state index contributed by atoms with van der Waals surface area (Å²) in [5.74, 6) is 2.35. The maximum Gasteiger partial charge on any atom is 0.328 e. The molecule has 4 saturated carbocycles. The van der Waals surface area contributed by atoms with Crippen LogP contribution in [0.25, 0.3) is 0 Å². The molecule has 7 rings (SSSR count). The van der Waals surface area contributed by atoms with Gasteiger partial charge in [-0.05, 0) is 98.2 Å². The Morgan fingerprint density at radius 3 is 2.14 bits per heavy atom. The summed E-state index contributed by atoms with van der Waals surface area (Å²) in [6.45, 7) is 1.20. The predicted molar refractivity (Wildman–Crippen MR) is 134 cm³/mol. The summed E-state index contributed by atoms with van der Waals surface area (Å²) in [5, 5.41) is 9.15. The lowest BCUT2D eigenvalue weighted by Crippen LogP contribution is -2.58. The fraction of sp³-hybridized carbons (Fsp3) is 0.464. The quantitative estimate of drug-likeness (QED) is 0.580. The van der Waals surface area contributed by atoms with Crippen molar-refractivity contribution in [3.8, 4) is 0 Å². The Balaban J connectivity index is 1.04. The number of hydrogen-bond donors (Lipinski definition) is 3. The van der Waals surface area contributed by atoms with Gasteiger partial charge in [0, 0.05) is 42.0 Å². The fourth-order valence-corrected chi connectivity index (χ4v) is 7.13. The van der Waals surface area contributed by atoms with Crippen LogP contribution in [-0.2, 0) is 11.3 Å². The van der Waals surface area contributed by atoms with Gasteiger partial charge in [-0.1, -0.05) is 12.1 Å². The Morgan fingerprint density at radius 1 is 0.914 bits per heavy atom. The zero-order valence-electron chi connectivity index (χ0n) is 19.9. The predicted octanol–water partition coefficient (Wildman–Crippen LogP) is 4.44. The molecule has 0 radical (unpaired) electrons. The zero-order valence-corrected chi connectivity index (χ0v) is 19.9. The van der Waals surface area contributed by atoms with E-state index in [9.17, 15) is 14.4 Å². The molecule has 1 saturated heterocycles. The summed E-state index contributed by atoms with van der Waals surface area (Å²) in [6, 6.07) is 14.5. The van der Waals surface area contributed by atoms with Gasteiger partial charge in [0.1, 0.15) is 0 Å². The molecule has 5 aliphatic rings. The van der Waals surface area contributed by atoms with Gasteiger partial charge in [-0.3, -0.25) is 19.8 Å². The largest absolute Gasteiger partial charge is 0.328 e. The first kappa shape index (κ1) is 22.3. The molecule has 2 aromatic carbocycles. The van der Waals surface area contributed by atoms with Gasteiger partial charge in [-0.15, -0.1) is 0 Å². The second-order valence-electron chi connectivity index (χ2n) is 11.0. The van der Waals surface area contributed by atoms with E-state index in [1.54, 1.807) is 24.3 Å². The van der Waals surface area contributed by atoms with Crippen LogP contribution in [-0.4, -0.2) is 29.9 Å². The molecule has 0 unspecified atom stereocenters. The van der Waals surface area contributed by atoms with Crippen molar-refractivity contribution in [1.82, 2.24) is 10.6 Å². The van der Waals surface area contributed by atoms with E-state index in [4.69, 9.17) is 0 Å². The van der Waals surface area contributed by atoms with Crippen LogP contribution < -0.4 is 20.9 Å². The molecule has 5 fully saturated rings. The highest BCUT2D eigenvalue weighted by atomic mass is 16.2. The first-order valence-electron chi connectivity index (χ1n) is 12.8. The highest BCUT2D eigenvalue weighted by molar-refractivity contribution is 6.06. The summed E-state index contributed by atoms with van der Waals surface area (Å²) in [6.07, 6.45) is 8.61. The molecule has 182 valence electrons. The molecule has 4 bridgehead atoms. The SMILES string of the molecule is O=C1CCN(c2ccc(NC(=O)c3ccc(CNC45CC6CC(CC(C6)C4)C5)cc3)cc2)C(=O)N1. The Bertz CT molecular complexity index is 1110. The molecule has 3 N–H and O–H groups in total. The van der Waals surface area contributed by atoms with Crippen LogP contribution in [0.15, 0.2) is 48.5 Å². The number of amides is 4. The van der Waals surface area contributed by atoms with E-state index in [1.807, 2.05) is 24.3 Å². The third kappa shape index (κ3) is 4.57. The first-order valence-corrected chi connectivity index (χ1v) is 12.8. The van der Waals surface area contributed by atoms with Crippen molar-refractivity contribution in [3.05, 3.63) is 59.7 Å². The number of urea groups is 1. The van der Waals surface area contributed by atoms with Crippen LogP contribution in [0.2, 0.25) is 0 Å². The fourth-order valence-electron chi connectivity index (χ4n) is 7.13. The molecular weight excluding hydrogens is 440 g/mol. The Labute approximate surface area is 205 Å². The molecule has 35 heavy (non-hydrogen) atoms. The van der Waals surface area contributed by atoms with Crippen LogP contribution in [0.4, 0.5) is 16.2 Å². The van der Waals surface area contributed by atoms with Gasteiger partial charge in [0.2, 0.25) is 5.91 Å². The van der Waals surface area contributed by atoms with E-state index >= 15 is 0 Å². The normalized spacial score (nSPS) is 29.3. The Kier molecular flexibility index (Phi) is 5.60. The molecule has 0 spiro atoms. The standard InChI is InChI=1S/C28H32N4O3/c33-25-9-10-32(27(35)31-25)24-7-5-23(6-8-24)30-26(34)22-3-1-18(2-4-22)17-29-28-14-19-11-20(15-28)13-21(12-19)16-28/h1-8,19-21,29H,9-17H2,(H,30,34)(H,31,33,35). The van der Waals surface area contributed by atoms with Crippen molar-refractivity contribution < 1.29 is 14.4 Å². The first-order chi connectivity index (χ1) is 16.9. The molecular formula is C28H32N4O3. The van der Waals surface area contributed by atoms with Gasteiger partial charge in [0.15, 0.2) is 0 Å². The van der Waals surface area contributed by atoms with Crippen molar-refractivity contribution in [1.29, 1.82) is 0 Å². The highest BCUT2D eigenvalue weighted by Gasteiger charge is 2.50. The molecule has 7 nitrogen and oxygen atoms in total. The van der Waals surface area contributed by atoms with Crippen molar-refractivity contribution >= 4 is 29.2 Å². The van der Waals surface area contributed by atoms with Gasteiger partial charge in [-0.25, -0.2) is 4.79 Å². The van der Waals surface area contributed by atoms with Crippen LogP contribution in [0, 0.1) is 17.8 Å². The third-order valence-corrected chi connectivity index (χ3v) is 8.41. The molecule has 0 atom stereocenters. The van der Waals surface area contributed by atoms with E-state index < -0.39 is 6.03 Å². The maximum atomic E-state index is 12.7. The van der Waals surface area contributed by atoms with Crippen molar-refractivity contribution in [2.45, 2.75) is 57.0 Å². The lowest BCUT2D eigenvalue weighted by atomic mass is 9.53. The smallest absolute Gasteiger partial charge is 0.322 e. The maximum absolute atomic E-state index is 12.7. The summed E-state index contributed by atoms with van der Waals surface area (Å²) < 4.78 is 0. The molecule has 1 heterocycles. The average molecular weight is 473 g/mol. The number of rotatable bonds is 6. The van der Waals surface area contributed by atoms with Gasteiger partial charge in [-0.2, -0.15) is 0 Å². The lowest BCUT2D eigenvalue weighted by Gasteiger charge is -2.57. The topological polar surface area (TPSA) is 90.5 Å². The van der Waals surface area contributed by atoms with Gasteiger partial charge in [0.25, 0.3) is 5.91 Å². The highest BCUT2D eigenvalue weighted by Crippen LogP contribution is 2.55. The van der Waals surface area contributed by atoms with E-state index in [1.165, 1.54) is 49.0 Å². The molecule has 1 aliphatic heterocycles. The minimum Gasteiger partial charge on any atom is -0.322 e. The van der Waals surface area contributed by atoms with Crippen LogP contribution in [0.5, 0.6) is 0 Å². The van der Waals surface area contributed by atoms with Crippen molar-refractivity contribution in [3.63, 3.8) is 0 Å². The van der Waals surface area contributed by atoms with Crippen molar-refractivity contribution in [2.24, 2.45) is 17.8 Å². The van der Waals surface area contributed by atoms with E-state index in [-0.39, 0.29) is 18.2 Å². The van der Waals surface area contributed by atoms with Gasteiger partial charge >= 0.3 is 6.03 Å². The number of benzene rings is 2. The number of nitrogens with one attached hydrogen (secondary N) is 3. The third-order valence-electron chi connectivity index (χ3n) is 8.41. The summed E-state index contributed by atoms with van der Waals surface area (Å²) in [4.78, 5) is 37.6. The van der Waals surface area contributed by atoms with E-state index in [0.29, 0.717) is 29.0 Å². The van der Waals surface area contributed by atoms with E-state index in [0.717, 1.165) is 24.3 Å². The second-order valence-corrected chi connectivity index (χ2v) is 11.0. The van der Waals surface area contributed by atoms with Gasteiger partial charge < -0.3 is 10.6 Å². The molecule has 4 aliphatic carbocycles. The number of imide groups is 1. The van der Waals surface area contributed by atoms with Crippen LogP contribution in [0.3, 0.4) is 0 Å². The number of carbonyl (C=O) groups excluding carboxylic acids is 3. The Morgan fingerprint density at radius 2 is 1.54 bits per heavy atom. The lowest BCUT2D eigenvalue weighted by molar-refractivity contribution is -0.120. The second kappa shape index (κ2) is 8.79. The summed E-state index contributed by atoms with van der Waals surface area (Å²) in [7, 11) is 0. The number of nitrogens with zero attached hydrogens (tertiary/aromatic N) is 1. The van der Waals surface area contributed by atoms with E-state index in [2.05, 4.69) is 16.0 Å². The number of hydrogen-bond acceptors (Lipinski definition) is 4. The van der Waals surface area contributed by atoms with Crippen molar-refractivity contribution in [2.75, 3.05) is 16.8 Å². The minimum atomic E-state index is -0.421. The summed E-state index contributed by atoms with van der Waals surface area (Å²) >= 11 is 0. The zero-order chi connectivity index (χ0) is 24.0. The average Bonchev–Trinajstić information content (AvgIpc) is 2.83. The molecule has 2 aromatic rings. The minimum absolute atomic E-state index is 0.167. The Hall–Kier alpha value is -3.19. The molecule has 4 amide bonds. The van der Waals surface area contributed by atoms with Gasteiger partial charge in [0.05, 0.1) is 0 Å². The monoisotopic (exact) mass is 472 g/mol. The number of carbonyl (C=O) groups is 3. The summed E-state index contributed by atoms with van der Waals surface area (Å²) in [5.41, 5.74) is 3.49. The molecule has 0 aromatic heterocycles. The van der Waals surface area contributed by atoms with Crippen LogP contribution >= 0.6 is 0 Å². The van der Waals surface area contributed by atoms with Crippen LogP contribution in [0.1, 0.15) is 60.9 Å². The number of anilines is 2. The molecule has 7 heteroatoms.